The van der Waals surface area contributed by atoms with Crippen LogP contribution in [0.1, 0.15) is 20.3 Å². The van der Waals surface area contributed by atoms with E-state index in [1.165, 1.54) is 0 Å². The minimum absolute atomic E-state index is 0.0127. The van der Waals surface area contributed by atoms with E-state index in [2.05, 4.69) is 9.88 Å². The summed E-state index contributed by atoms with van der Waals surface area (Å²) in [5.74, 6) is 0.0816. The number of amides is 1. The quantitative estimate of drug-likeness (QED) is 0.838. The molecular weight excluding hydrogens is 294 g/mol. The molecule has 2 saturated heterocycles. The van der Waals surface area contributed by atoms with E-state index in [0.29, 0.717) is 32.7 Å². The predicted molar refractivity (Wildman–Crippen MR) is 87.4 cm³/mol. The maximum atomic E-state index is 13.0. The van der Waals surface area contributed by atoms with E-state index in [4.69, 9.17) is 9.47 Å². The molecule has 2 aliphatic rings. The van der Waals surface area contributed by atoms with E-state index in [1.54, 1.807) is 12.4 Å². The first-order valence-electron chi connectivity index (χ1n) is 8.31. The third-order valence-electron chi connectivity index (χ3n) is 4.43. The summed E-state index contributed by atoms with van der Waals surface area (Å²) >= 11 is 0. The van der Waals surface area contributed by atoms with Gasteiger partial charge in [0.25, 0.3) is 5.91 Å². The van der Waals surface area contributed by atoms with E-state index in [0.717, 1.165) is 18.8 Å². The largest absolute Gasteiger partial charge is 0.378 e. The third-order valence-corrected chi connectivity index (χ3v) is 4.43. The summed E-state index contributed by atoms with van der Waals surface area (Å²) in [7, 11) is 0. The SMILES string of the molecule is CC(C)OC1(C(=O)N2CCN(c3ccncc3)CC2)CCOC1. The van der Waals surface area contributed by atoms with Crippen LogP contribution in [-0.2, 0) is 14.3 Å². The number of rotatable bonds is 4. The Kier molecular flexibility index (Phi) is 4.82. The fourth-order valence-electron chi connectivity index (χ4n) is 3.32. The van der Waals surface area contributed by atoms with E-state index >= 15 is 0 Å². The minimum Gasteiger partial charge on any atom is -0.378 e. The summed E-state index contributed by atoms with van der Waals surface area (Å²) in [4.78, 5) is 21.3. The van der Waals surface area contributed by atoms with Crippen molar-refractivity contribution in [2.24, 2.45) is 0 Å². The molecule has 3 heterocycles. The number of piperazine rings is 1. The monoisotopic (exact) mass is 319 g/mol. The molecule has 0 saturated carbocycles. The lowest BCUT2D eigenvalue weighted by Gasteiger charge is -2.40. The minimum atomic E-state index is -0.785. The molecule has 1 aromatic heterocycles. The Morgan fingerprint density at radius 3 is 2.52 bits per heavy atom. The Hall–Kier alpha value is -1.66. The molecule has 126 valence electrons. The number of aromatic nitrogens is 1. The number of hydrogen-bond donors (Lipinski definition) is 0. The van der Waals surface area contributed by atoms with Crippen LogP contribution in [0.5, 0.6) is 0 Å². The van der Waals surface area contributed by atoms with Gasteiger partial charge in [-0.15, -0.1) is 0 Å². The first-order valence-corrected chi connectivity index (χ1v) is 8.31. The molecule has 6 heteroatoms. The van der Waals surface area contributed by atoms with Crippen LogP contribution in [0.3, 0.4) is 0 Å². The zero-order chi connectivity index (χ0) is 16.3. The number of hydrogen-bond acceptors (Lipinski definition) is 5. The number of nitrogens with zero attached hydrogens (tertiary/aromatic N) is 3. The smallest absolute Gasteiger partial charge is 0.257 e. The molecule has 1 unspecified atom stereocenters. The maximum Gasteiger partial charge on any atom is 0.257 e. The van der Waals surface area contributed by atoms with Crippen LogP contribution in [0.15, 0.2) is 24.5 Å². The van der Waals surface area contributed by atoms with Crippen LogP contribution in [0.2, 0.25) is 0 Å². The highest BCUT2D eigenvalue weighted by atomic mass is 16.6. The molecule has 0 N–H and O–H groups in total. The second-order valence-electron chi connectivity index (χ2n) is 6.45. The molecule has 0 bridgehead atoms. The molecule has 1 aromatic rings. The standard InChI is InChI=1S/C17H25N3O3/c1-14(2)23-17(5-12-22-13-17)16(21)20-10-8-19(9-11-20)15-3-6-18-7-4-15/h3-4,6-7,14H,5,8-13H2,1-2H3. The third kappa shape index (κ3) is 3.48. The number of anilines is 1. The summed E-state index contributed by atoms with van der Waals surface area (Å²) in [5, 5.41) is 0. The van der Waals surface area contributed by atoms with Crippen molar-refractivity contribution in [2.45, 2.75) is 32.0 Å². The Labute approximate surface area is 137 Å². The van der Waals surface area contributed by atoms with Crippen molar-refractivity contribution < 1.29 is 14.3 Å². The molecule has 23 heavy (non-hydrogen) atoms. The van der Waals surface area contributed by atoms with E-state index < -0.39 is 5.60 Å². The highest BCUT2D eigenvalue weighted by Gasteiger charge is 2.47. The number of carbonyl (C=O) groups is 1. The molecule has 0 aliphatic carbocycles. The highest BCUT2D eigenvalue weighted by Crippen LogP contribution is 2.28. The van der Waals surface area contributed by atoms with Gasteiger partial charge in [-0.1, -0.05) is 0 Å². The van der Waals surface area contributed by atoms with Crippen molar-refractivity contribution in [1.82, 2.24) is 9.88 Å². The molecule has 0 radical (unpaired) electrons. The molecule has 3 rings (SSSR count). The van der Waals surface area contributed by atoms with Gasteiger partial charge in [0, 0.05) is 50.7 Å². The number of ether oxygens (including phenoxy) is 2. The molecule has 2 aliphatic heterocycles. The van der Waals surface area contributed by atoms with E-state index in [9.17, 15) is 4.79 Å². The lowest BCUT2D eigenvalue weighted by atomic mass is 10.00. The average Bonchev–Trinajstić information content (AvgIpc) is 3.04. The number of carbonyl (C=O) groups excluding carboxylic acids is 1. The van der Waals surface area contributed by atoms with Crippen molar-refractivity contribution in [3.8, 4) is 0 Å². The van der Waals surface area contributed by atoms with Gasteiger partial charge < -0.3 is 19.3 Å². The fourth-order valence-corrected chi connectivity index (χ4v) is 3.32. The molecule has 2 fully saturated rings. The van der Waals surface area contributed by atoms with Gasteiger partial charge in [0.2, 0.25) is 0 Å². The van der Waals surface area contributed by atoms with Gasteiger partial charge in [-0.25, -0.2) is 0 Å². The van der Waals surface area contributed by atoms with Gasteiger partial charge in [-0.2, -0.15) is 0 Å². The average molecular weight is 319 g/mol. The Balaban J connectivity index is 1.63. The second kappa shape index (κ2) is 6.84. The van der Waals surface area contributed by atoms with Crippen LogP contribution in [0, 0.1) is 0 Å². The second-order valence-corrected chi connectivity index (χ2v) is 6.45. The van der Waals surface area contributed by atoms with Crippen molar-refractivity contribution in [1.29, 1.82) is 0 Å². The Bertz CT molecular complexity index is 521. The first-order chi connectivity index (χ1) is 11.1. The van der Waals surface area contributed by atoms with Crippen molar-refractivity contribution in [3.05, 3.63) is 24.5 Å². The van der Waals surface area contributed by atoms with Gasteiger partial charge in [-0.3, -0.25) is 9.78 Å². The van der Waals surface area contributed by atoms with Crippen LogP contribution in [0.4, 0.5) is 5.69 Å². The van der Waals surface area contributed by atoms with Gasteiger partial charge in [0.15, 0.2) is 5.60 Å². The first kappa shape index (κ1) is 16.2. The highest BCUT2D eigenvalue weighted by molar-refractivity contribution is 5.86. The number of pyridine rings is 1. The molecule has 1 atom stereocenters. The van der Waals surface area contributed by atoms with E-state index in [1.807, 2.05) is 30.9 Å². The van der Waals surface area contributed by atoms with Crippen molar-refractivity contribution >= 4 is 11.6 Å². The van der Waals surface area contributed by atoms with Crippen LogP contribution in [-0.4, -0.2) is 66.9 Å². The summed E-state index contributed by atoms with van der Waals surface area (Å²) < 4.78 is 11.5. The van der Waals surface area contributed by atoms with Crippen molar-refractivity contribution in [3.63, 3.8) is 0 Å². The van der Waals surface area contributed by atoms with Gasteiger partial charge in [0.1, 0.15) is 0 Å². The zero-order valence-electron chi connectivity index (χ0n) is 13.9. The normalized spacial score (nSPS) is 25.2. The molecule has 0 spiro atoms. The topological polar surface area (TPSA) is 54.9 Å². The summed E-state index contributed by atoms with van der Waals surface area (Å²) in [6.07, 6.45) is 4.26. The summed E-state index contributed by atoms with van der Waals surface area (Å²) in [5.41, 5.74) is 0.372. The summed E-state index contributed by atoms with van der Waals surface area (Å²) in [6.45, 7) is 7.98. The predicted octanol–water partition coefficient (Wildman–Crippen LogP) is 1.31. The molecular formula is C17H25N3O3. The zero-order valence-corrected chi connectivity index (χ0v) is 13.9. The lowest BCUT2D eigenvalue weighted by molar-refractivity contribution is -0.164. The molecule has 1 amide bonds. The van der Waals surface area contributed by atoms with Crippen LogP contribution in [0.25, 0.3) is 0 Å². The maximum absolute atomic E-state index is 13.0. The fraction of sp³-hybridized carbons (Fsp3) is 0.647. The lowest BCUT2D eigenvalue weighted by Crippen LogP contribution is -2.57. The van der Waals surface area contributed by atoms with Crippen molar-refractivity contribution in [2.75, 3.05) is 44.3 Å². The Morgan fingerprint density at radius 2 is 1.96 bits per heavy atom. The van der Waals surface area contributed by atoms with Crippen LogP contribution < -0.4 is 4.90 Å². The molecule has 6 nitrogen and oxygen atoms in total. The van der Waals surface area contributed by atoms with Gasteiger partial charge >= 0.3 is 0 Å². The van der Waals surface area contributed by atoms with E-state index in [-0.39, 0.29) is 12.0 Å². The Morgan fingerprint density at radius 1 is 1.26 bits per heavy atom. The van der Waals surface area contributed by atoms with Crippen LogP contribution >= 0.6 is 0 Å². The van der Waals surface area contributed by atoms with Gasteiger partial charge in [0.05, 0.1) is 19.3 Å². The van der Waals surface area contributed by atoms with Gasteiger partial charge in [-0.05, 0) is 26.0 Å². The molecule has 0 aromatic carbocycles. The summed E-state index contributed by atoms with van der Waals surface area (Å²) in [6, 6.07) is 4.01.